The van der Waals surface area contributed by atoms with Crippen molar-refractivity contribution in [1.82, 2.24) is 0 Å². The molecule has 0 aliphatic heterocycles. The number of terminal acetylenes is 1. The molecule has 0 fully saturated rings. The van der Waals surface area contributed by atoms with Gasteiger partial charge in [0.1, 0.15) is 11.5 Å². The summed E-state index contributed by atoms with van der Waals surface area (Å²) in [6.07, 6.45) is 8.02. The zero-order valence-corrected chi connectivity index (χ0v) is 20.2. The second kappa shape index (κ2) is 13.5. The van der Waals surface area contributed by atoms with Crippen molar-refractivity contribution in [2.24, 2.45) is 11.5 Å². The molecule has 0 saturated heterocycles. The van der Waals surface area contributed by atoms with E-state index in [1.807, 2.05) is 6.07 Å². The van der Waals surface area contributed by atoms with E-state index in [9.17, 15) is 19.2 Å². The van der Waals surface area contributed by atoms with Gasteiger partial charge in [0.25, 0.3) is 11.8 Å². The van der Waals surface area contributed by atoms with Gasteiger partial charge in [-0.2, -0.15) is 5.26 Å². The van der Waals surface area contributed by atoms with E-state index < -0.39 is 23.4 Å². The molecular weight excluding hydrogens is 462 g/mol. The predicted molar refractivity (Wildman–Crippen MR) is 134 cm³/mol. The number of hydrogen-bond acceptors (Lipinski definition) is 7. The number of methoxy groups -OCH3 is 2. The Kier molecular flexibility index (Phi) is 10.9. The van der Waals surface area contributed by atoms with Crippen molar-refractivity contribution in [3.8, 4) is 29.9 Å². The van der Waals surface area contributed by atoms with Crippen LogP contribution in [-0.4, -0.2) is 37.6 Å². The summed E-state index contributed by atoms with van der Waals surface area (Å²) in [5, 5.41) is 8.76. The van der Waals surface area contributed by atoms with E-state index in [-0.39, 0.29) is 11.1 Å². The molecule has 0 spiro atoms. The molecule has 0 radical (unpaired) electrons. The fraction of sp³-hybridized carbons (Fsp3) is 0.148. The number of Topliss-reactive ketones (excluding diaryl/α,β-unsaturated/α-hetero) is 2. The molecule has 0 heterocycles. The standard InChI is InChI=1S/C14H13NO3.C13H12N2O3/c1-4-10-5-6-11(13(7-10)18-3)8-12(9(2)16)14(15)17;1-8(16)11(13(15)17)6-10-4-3-9(7-14)5-12(10)18-2/h1,5-8H,2-3H3,(H2,15,17);3-6H,1-2H3,(H2,15,17)/b12-8-;11-6+. The van der Waals surface area contributed by atoms with Gasteiger partial charge in [0.15, 0.2) is 11.6 Å². The summed E-state index contributed by atoms with van der Waals surface area (Å²) in [7, 11) is 2.91. The van der Waals surface area contributed by atoms with Crippen LogP contribution in [0.2, 0.25) is 0 Å². The van der Waals surface area contributed by atoms with Crippen LogP contribution < -0.4 is 20.9 Å². The first-order valence-corrected chi connectivity index (χ1v) is 10.3. The molecule has 0 aromatic heterocycles. The first kappa shape index (κ1) is 28.9. The second-order valence-corrected chi connectivity index (χ2v) is 7.13. The Morgan fingerprint density at radius 3 is 1.50 bits per heavy atom. The van der Waals surface area contributed by atoms with Gasteiger partial charge in [0.05, 0.1) is 37.0 Å². The minimum Gasteiger partial charge on any atom is -0.496 e. The highest BCUT2D eigenvalue weighted by Crippen LogP contribution is 2.24. The highest BCUT2D eigenvalue weighted by atomic mass is 16.5. The lowest BCUT2D eigenvalue weighted by Crippen LogP contribution is -2.18. The summed E-state index contributed by atoms with van der Waals surface area (Å²) in [5.74, 6) is 0.953. The van der Waals surface area contributed by atoms with Crippen molar-refractivity contribution in [1.29, 1.82) is 5.26 Å². The molecule has 2 aromatic rings. The molecule has 9 nitrogen and oxygen atoms in total. The lowest BCUT2D eigenvalue weighted by Gasteiger charge is -2.06. The molecule has 0 bridgehead atoms. The van der Waals surface area contributed by atoms with Crippen LogP contribution in [0.1, 0.15) is 36.1 Å². The number of primary amides is 2. The number of rotatable bonds is 8. The van der Waals surface area contributed by atoms with E-state index in [2.05, 4.69) is 5.92 Å². The highest BCUT2D eigenvalue weighted by Gasteiger charge is 2.13. The number of amides is 2. The number of nitrogens with zero attached hydrogens (tertiary/aromatic N) is 1. The Labute approximate surface area is 209 Å². The van der Waals surface area contributed by atoms with Gasteiger partial charge >= 0.3 is 0 Å². The second-order valence-electron chi connectivity index (χ2n) is 7.13. The van der Waals surface area contributed by atoms with Crippen molar-refractivity contribution in [3.05, 3.63) is 69.8 Å². The van der Waals surface area contributed by atoms with Gasteiger partial charge in [-0.1, -0.05) is 5.92 Å². The van der Waals surface area contributed by atoms with Crippen LogP contribution in [0, 0.1) is 23.7 Å². The first-order chi connectivity index (χ1) is 17.0. The number of hydrogen-bond donors (Lipinski definition) is 2. The average Bonchev–Trinajstić information content (AvgIpc) is 2.85. The zero-order valence-electron chi connectivity index (χ0n) is 20.2. The third-order valence-corrected chi connectivity index (χ3v) is 4.65. The molecule has 36 heavy (non-hydrogen) atoms. The summed E-state index contributed by atoms with van der Waals surface area (Å²) >= 11 is 0. The summed E-state index contributed by atoms with van der Waals surface area (Å²) in [4.78, 5) is 44.8. The molecule has 0 aliphatic carbocycles. The number of nitriles is 1. The largest absolute Gasteiger partial charge is 0.496 e. The number of carbonyl (C=O) groups excluding carboxylic acids is 4. The molecule has 9 heteroatoms. The zero-order chi connectivity index (χ0) is 27.4. The average molecular weight is 488 g/mol. The lowest BCUT2D eigenvalue weighted by atomic mass is 10.0. The summed E-state index contributed by atoms with van der Waals surface area (Å²) in [6.45, 7) is 2.53. The monoisotopic (exact) mass is 487 g/mol. The molecule has 0 saturated carbocycles. The maximum absolute atomic E-state index is 11.3. The number of ketones is 2. The summed E-state index contributed by atoms with van der Waals surface area (Å²) in [5.41, 5.74) is 12.2. The number of ether oxygens (including phenoxy) is 2. The van der Waals surface area contributed by atoms with Crippen molar-refractivity contribution < 1.29 is 28.7 Å². The Hall–Kier alpha value is -5.15. The van der Waals surface area contributed by atoms with E-state index in [0.717, 1.165) is 0 Å². The fourth-order valence-corrected chi connectivity index (χ4v) is 2.82. The SMILES string of the molecule is C#Cc1ccc(/C=C(/C(C)=O)C(N)=O)c(OC)c1.COc1cc(C#N)ccc1/C=C(\C(C)=O)C(N)=O. The molecule has 2 amide bonds. The fourth-order valence-electron chi connectivity index (χ4n) is 2.82. The van der Waals surface area contributed by atoms with Gasteiger partial charge in [0.2, 0.25) is 0 Å². The normalized spacial score (nSPS) is 10.6. The van der Waals surface area contributed by atoms with E-state index in [1.165, 1.54) is 46.3 Å². The van der Waals surface area contributed by atoms with Gasteiger partial charge in [0, 0.05) is 16.7 Å². The van der Waals surface area contributed by atoms with Crippen LogP contribution in [-0.2, 0) is 19.2 Å². The summed E-state index contributed by atoms with van der Waals surface area (Å²) < 4.78 is 10.2. The third-order valence-electron chi connectivity index (χ3n) is 4.65. The van der Waals surface area contributed by atoms with Gasteiger partial charge in [-0.25, -0.2) is 0 Å². The van der Waals surface area contributed by atoms with Gasteiger partial charge < -0.3 is 20.9 Å². The smallest absolute Gasteiger partial charge is 0.252 e. The van der Waals surface area contributed by atoms with E-state index in [1.54, 1.807) is 30.3 Å². The molecular formula is C27H25N3O6. The third kappa shape index (κ3) is 8.01. The van der Waals surface area contributed by atoms with Crippen molar-refractivity contribution >= 4 is 35.5 Å². The van der Waals surface area contributed by atoms with E-state index in [4.69, 9.17) is 32.6 Å². The topological polar surface area (TPSA) is 163 Å². The quantitative estimate of drug-likeness (QED) is 0.249. The van der Waals surface area contributed by atoms with Gasteiger partial charge in [-0.3, -0.25) is 19.2 Å². The van der Waals surface area contributed by atoms with Gasteiger partial charge in [-0.05, 0) is 62.4 Å². The lowest BCUT2D eigenvalue weighted by molar-refractivity contribution is -0.121. The Bertz CT molecular complexity index is 1200. The molecule has 4 N–H and O–H groups in total. The van der Waals surface area contributed by atoms with Crippen LogP contribution in [0.5, 0.6) is 11.5 Å². The molecule has 0 aliphatic rings. The number of nitrogens with two attached hydrogens (primary N) is 2. The molecule has 0 atom stereocenters. The molecule has 184 valence electrons. The van der Waals surface area contributed by atoms with E-state index >= 15 is 0 Å². The maximum Gasteiger partial charge on any atom is 0.252 e. The molecule has 2 rings (SSSR count). The highest BCUT2D eigenvalue weighted by molar-refractivity contribution is 6.21. The predicted octanol–water partition coefficient (Wildman–Crippen LogP) is 2.16. The molecule has 2 aromatic carbocycles. The molecule has 0 unspecified atom stereocenters. The number of benzene rings is 2. The Morgan fingerprint density at radius 1 is 0.806 bits per heavy atom. The Morgan fingerprint density at radius 2 is 1.19 bits per heavy atom. The van der Waals surface area contributed by atoms with Crippen LogP contribution in [0.3, 0.4) is 0 Å². The van der Waals surface area contributed by atoms with Crippen LogP contribution in [0.4, 0.5) is 0 Å². The minimum absolute atomic E-state index is 0.0817. The van der Waals surface area contributed by atoms with Crippen molar-refractivity contribution in [2.45, 2.75) is 13.8 Å². The first-order valence-electron chi connectivity index (χ1n) is 10.3. The van der Waals surface area contributed by atoms with Crippen LogP contribution in [0.25, 0.3) is 12.2 Å². The van der Waals surface area contributed by atoms with Gasteiger partial charge in [-0.15, -0.1) is 6.42 Å². The minimum atomic E-state index is -0.797. The van der Waals surface area contributed by atoms with Crippen molar-refractivity contribution in [2.75, 3.05) is 14.2 Å². The van der Waals surface area contributed by atoms with Crippen LogP contribution >= 0.6 is 0 Å². The summed E-state index contributed by atoms with van der Waals surface area (Å²) in [6, 6.07) is 11.6. The Balaban J connectivity index is 0.000000360. The number of carbonyl (C=O) groups is 4. The maximum atomic E-state index is 11.3. The van der Waals surface area contributed by atoms with Crippen molar-refractivity contribution in [3.63, 3.8) is 0 Å². The van der Waals surface area contributed by atoms with E-state index in [0.29, 0.717) is 33.8 Å². The van der Waals surface area contributed by atoms with Crippen LogP contribution in [0.15, 0.2) is 47.5 Å².